The van der Waals surface area contributed by atoms with Crippen molar-refractivity contribution in [2.75, 3.05) is 17.2 Å². The van der Waals surface area contributed by atoms with E-state index in [2.05, 4.69) is 28.6 Å². The Labute approximate surface area is 177 Å². The van der Waals surface area contributed by atoms with Crippen molar-refractivity contribution < 1.29 is 4.79 Å². The number of carbonyl (C=O) groups is 1. The lowest BCUT2D eigenvalue weighted by Gasteiger charge is -2.19. The Bertz CT molecular complexity index is 820. The number of anilines is 2. The molecule has 3 rings (SSSR count). The zero-order valence-electron chi connectivity index (χ0n) is 15.6. The predicted molar refractivity (Wildman–Crippen MR) is 123 cm³/mol. The summed E-state index contributed by atoms with van der Waals surface area (Å²) in [5, 5.41) is 6.01. The molecule has 0 bridgehead atoms. The van der Waals surface area contributed by atoms with Gasteiger partial charge < -0.3 is 16.4 Å². The molecular formula is C21H27IN4O. The van der Waals surface area contributed by atoms with E-state index in [9.17, 15) is 4.79 Å². The summed E-state index contributed by atoms with van der Waals surface area (Å²) in [4.78, 5) is 16.3. The molecule has 0 radical (unpaired) electrons. The minimum atomic E-state index is -0.182. The van der Waals surface area contributed by atoms with Crippen molar-refractivity contribution in [3.63, 3.8) is 0 Å². The molecule has 0 heterocycles. The number of hydrogen-bond donors (Lipinski definition) is 3. The van der Waals surface area contributed by atoms with Crippen molar-refractivity contribution in [2.24, 2.45) is 10.7 Å². The summed E-state index contributed by atoms with van der Waals surface area (Å²) in [6, 6.07) is 14.0. The molecule has 0 aromatic heterocycles. The Morgan fingerprint density at radius 3 is 2.70 bits per heavy atom. The fourth-order valence-corrected chi connectivity index (χ4v) is 3.30. The lowest BCUT2D eigenvalue weighted by molar-refractivity contribution is -0.114. The highest BCUT2D eigenvalue weighted by molar-refractivity contribution is 14.0. The Morgan fingerprint density at radius 1 is 1.11 bits per heavy atom. The standard InChI is InChI=1S/C21H26N4O.HI/c1-2-15-7-5-10-17(13-15)24-20(26)14-23-21(22)25-19-12-6-9-16-8-3-4-11-18(16)19;/h5-7,9-10,12-13H,2-4,8,11,14H2,1H3,(H,24,26)(H3,22,23,25);1H. The molecule has 0 saturated heterocycles. The number of guanidine groups is 1. The largest absolute Gasteiger partial charge is 0.370 e. The van der Waals surface area contributed by atoms with Gasteiger partial charge in [0, 0.05) is 11.4 Å². The average molecular weight is 478 g/mol. The van der Waals surface area contributed by atoms with Gasteiger partial charge in [0.05, 0.1) is 0 Å². The molecule has 0 spiro atoms. The maximum absolute atomic E-state index is 12.1. The quantitative estimate of drug-likeness (QED) is 0.344. The van der Waals surface area contributed by atoms with E-state index in [1.807, 2.05) is 36.4 Å². The van der Waals surface area contributed by atoms with E-state index < -0.39 is 0 Å². The summed E-state index contributed by atoms with van der Waals surface area (Å²) in [7, 11) is 0. The van der Waals surface area contributed by atoms with Crippen molar-refractivity contribution in [2.45, 2.75) is 39.0 Å². The lowest BCUT2D eigenvalue weighted by atomic mass is 9.90. The summed E-state index contributed by atoms with van der Waals surface area (Å²) in [6.07, 6.45) is 5.53. The molecule has 2 aromatic rings. The third kappa shape index (κ3) is 5.95. The summed E-state index contributed by atoms with van der Waals surface area (Å²) < 4.78 is 0. The van der Waals surface area contributed by atoms with Gasteiger partial charge in [-0.05, 0) is 67.0 Å². The zero-order chi connectivity index (χ0) is 18.4. The Hall–Kier alpha value is -2.09. The van der Waals surface area contributed by atoms with Gasteiger partial charge in [0.1, 0.15) is 6.54 Å². The maximum Gasteiger partial charge on any atom is 0.246 e. The zero-order valence-corrected chi connectivity index (χ0v) is 18.0. The summed E-state index contributed by atoms with van der Waals surface area (Å²) in [5.41, 5.74) is 11.6. The maximum atomic E-state index is 12.1. The second kappa shape index (κ2) is 10.3. The van der Waals surface area contributed by atoms with Crippen LogP contribution >= 0.6 is 24.0 Å². The van der Waals surface area contributed by atoms with E-state index in [1.54, 1.807) is 0 Å². The van der Waals surface area contributed by atoms with Gasteiger partial charge in [-0.3, -0.25) is 4.79 Å². The highest BCUT2D eigenvalue weighted by Gasteiger charge is 2.13. The van der Waals surface area contributed by atoms with Gasteiger partial charge in [-0.15, -0.1) is 24.0 Å². The van der Waals surface area contributed by atoms with E-state index in [0.717, 1.165) is 30.6 Å². The van der Waals surface area contributed by atoms with Crippen molar-refractivity contribution in [3.8, 4) is 0 Å². The van der Waals surface area contributed by atoms with E-state index in [0.29, 0.717) is 0 Å². The number of carbonyl (C=O) groups excluding carboxylic acids is 1. The number of fused-ring (bicyclic) bond motifs is 1. The van der Waals surface area contributed by atoms with Crippen LogP contribution in [0.15, 0.2) is 47.5 Å². The van der Waals surface area contributed by atoms with Crippen LogP contribution in [0.25, 0.3) is 0 Å². The van der Waals surface area contributed by atoms with Crippen LogP contribution in [-0.4, -0.2) is 18.4 Å². The van der Waals surface area contributed by atoms with E-state index in [1.165, 1.54) is 29.5 Å². The van der Waals surface area contributed by atoms with Gasteiger partial charge in [0.2, 0.25) is 5.91 Å². The summed E-state index contributed by atoms with van der Waals surface area (Å²) >= 11 is 0. The molecule has 2 aromatic carbocycles. The number of nitrogens with two attached hydrogens (primary N) is 1. The number of rotatable bonds is 5. The highest BCUT2D eigenvalue weighted by Crippen LogP contribution is 2.27. The van der Waals surface area contributed by atoms with Crippen molar-refractivity contribution in [1.82, 2.24) is 0 Å². The Morgan fingerprint density at radius 2 is 1.89 bits per heavy atom. The van der Waals surface area contributed by atoms with Gasteiger partial charge in [-0.2, -0.15) is 0 Å². The fraction of sp³-hybridized carbons (Fsp3) is 0.333. The second-order valence-corrected chi connectivity index (χ2v) is 6.58. The number of benzene rings is 2. The second-order valence-electron chi connectivity index (χ2n) is 6.58. The Balaban J connectivity index is 0.00000261. The predicted octanol–water partition coefficient (Wildman–Crippen LogP) is 4.11. The van der Waals surface area contributed by atoms with Crippen LogP contribution in [0.1, 0.15) is 36.5 Å². The molecule has 1 amide bonds. The molecule has 144 valence electrons. The van der Waals surface area contributed by atoms with E-state index in [-0.39, 0.29) is 42.4 Å². The first-order valence-corrected chi connectivity index (χ1v) is 9.22. The van der Waals surface area contributed by atoms with Gasteiger partial charge in [-0.1, -0.05) is 31.2 Å². The molecule has 6 heteroatoms. The molecule has 1 aliphatic rings. The first kappa shape index (κ1) is 21.2. The molecule has 0 fully saturated rings. The van der Waals surface area contributed by atoms with Crippen LogP contribution in [0, 0.1) is 0 Å². The minimum Gasteiger partial charge on any atom is -0.370 e. The molecule has 1 aliphatic carbocycles. The number of halogens is 1. The first-order chi connectivity index (χ1) is 12.7. The number of nitrogens with zero attached hydrogens (tertiary/aromatic N) is 1. The molecule has 0 atom stereocenters. The number of nitrogens with one attached hydrogen (secondary N) is 2. The van der Waals surface area contributed by atoms with Gasteiger partial charge >= 0.3 is 0 Å². The third-order valence-corrected chi connectivity index (χ3v) is 4.67. The highest BCUT2D eigenvalue weighted by atomic mass is 127. The molecule has 4 N–H and O–H groups in total. The molecular weight excluding hydrogens is 451 g/mol. The number of hydrogen-bond acceptors (Lipinski definition) is 2. The molecule has 0 saturated carbocycles. The van der Waals surface area contributed by atoms with Crippen LogP contribution in [0.3, 0.4) is 0 Å². The topological polar surface area (TPSA) is 79.5 Å². The molecule has 0 unspecified atom stereocenters. The first-order valence-electron chi connectivity index (χ1n) is 9.22. The van der Waals surface area contributed by atoms with Crippen molar-refractivity contribution in [1.29, 1.82) is 0 Å². The average Bonchev–Trinajstić information content (AvgIpc) is 2.67. The monoisotopic (exact) mass is 478 g/mol. The van der Waals surface area contributed by atoms with Crippen LogP contribution in [0.2, 0.25) is 0 Å². The van der Waals surface area contributed by atoms with Gasteiger partial charge in [0.15, 0.2) is 5.96 Å². The van der Waals surface area contributed by atoms with Crippen molar-refractivity contribution in [3.05, 3.63) is 59.2 Å². The van der Waals surface area contributed by atoms with Crippen LogP contribution in [0.4, 0.5) is 11.4 Å². The van der Waals surface area contributed by atoms with Crippen LogP contribution < -0.4 is 16.4 Å². The minimum absolute atomic E-state index is 0. The van der Waals surface area contributed by atoms with Crippen LogP contribution in [0.5, 0.6) is 0 Å². The summed E-state index contributed by atoms with van der Waals surface area (Å²) in [6.45, 7) is 2.07. The normalized spacial score (nSPS) is 13.3. The number of aliphatic imine (C=N–C) groups is 1. The van der Waals surface area contributed by atoms with Crippen LogP contribution in [-0.2, 0) is 24.1 Å². The third-order valence-electron chi connectivity index (χ3n) is 4.67. The van der Waals surface area contributed by atoms with Gasteiger partial charge in [0.25, 0.3) is 0 Å². The summed E-state index contributed by atoms with van der Waals surface area (Å²) in [5.74, 6) is 0.0829. The number of amides is 1. The fourth-order valence-electron chi connectivity index (χ4n) is 3.30. The molecule has 27 heavy (non-hydrogen) atoms. The lowest BCUT2D eigenvalue weighted by Crippen LogP contribution is -2.26. The molecule has 0 aliphatic heterocycles. The van der Waals surface area contributed by atoms with Crippen molar-refractivity contribution >= 4 is 47.2 Å². The molecule has 5 nitrogen and oxygen atoms in total. The number of aryl methyl sites for hydroxylation is 2. The SMILES string of the molecule is CCc1cccc(NC(=O)CN=C(N)Nc2cccc3c2CCCC3)c1.I. The Kier molecular flexibility index (Phi) is 8.09. The van der Waals surface area contributed by atoms with Gasteiger partial charge in [-0.25, -0.2) is 4.99 Å². The van der Waals surface area contributed by atoms with E-state index >= 15 is 0 Å². The smallest absolute Gasteiger partial charge is 0.246 e. The van der Waals surface area contributed by atoms with E-state index in [4.69, 9.17) is 5.73 Å².